The van der Waals surface area contributed by atoms with Gasteiger partial charge in [-0.15, -0.1) is 0 Å². The number of methoxy groups -OCH3 is 1. The van der Waals surface area contributed by atoms with Gasteiger partial charge in [-0.3, -0.25) is 4.79 Å². The highest BCUT2D eigenvalue weighted by molar-refractivity contribution is 6.31. The van der Waals surface area contributed by atoms with Gasteiger partial charge in [0.1, 0.15) is 18.1 Å². The Morgan fingerprint density at radius 1 is 1.00 bits per heavy atom. The molecule has 0 saturated heterocycles. The van der Waals surface area contributed by atoms with Gasteiger partial charge in [0.2, 0.25) is 0 Å². The lowest BCUT2D eigenvalue weighted by atomic mass is 9.93. The van der Waals surface area contributed by atoms with Gasteiger partial charge >= 0.3 is 0 Å². The molecule has 0 spiro atoms. The molecule has 0 radical (unpaired) electrons. The van der Waals surface area contributed by atoms with Crippen molar-refractivity contribution < 1.29 is 14.3 Å². The third-order valence-corrected chi connectivity index (χ3v) is 5.89. The van der Waals surface area contributed by atoms with Gasteiger partial charge < -0.3 is 14.8 Å². The van der Waals surface area contributed by atoms with Crippen LogP contribution in [-0.4, -0.2) is 13.0 Å². The molecule has 0 unspecified atom stereocenters. The lowest BCUT2D eigenvalue weighted by Crippen LogP contribution is -2.27. The number of benzene rings is 3. The standard InChI is InChI=1S/C27H30ClNO3/c1-17(2)23-15-24(18(3)14-26(23)31-5)19(4)29-27(30)20-10-12-22(13-11-20)32-16-21-8-6-7-9-25(21)28/h6-15,17,19H,16H2,1-5H3,(H,29,30)/t19-/m0/s1. The van der Waals surface area contributed by atoms with E-state index in [1.54, 1.807) is 31.4 Å². The van der Waals surface area contributed by atoms with Crippen molar-refractivity contribution in [2.75, 3.05) is 7.11 Å². The summed E-state index contributed by atoms with van der Waals surface area (Å²) in [5, 5.41) is 3.78. The van der Waals surface area contributed by atoms with Crippen LogP contribution in [0.3, 0.4) is 0 Å². The number of hydrogen-bond acceptors (Lipinski definition) is 3. The van der Waals surface area contributed by atoms with Crippen LogP contribution in [-0.2, 0) is 6.61 Å². The summed E-state index contributed by atoms with van der Waals surface area (Å²) in [6.07, 6.45) is 0. The quantitative estimate of drug-likeness (QED) is 0.407. The van der Waals surface area contributed by atoms with Gasteiger partial charge in [-0.1, -0.05) is 43.6 Å². The Morgan fingerprint density at radius 2 is 1.69 bits per heavy atom. The second-order valence-corrected chi connectivity index (χ2v) is 8.61. The van der Waals surface area contributed by atoms with Crippen molar-refractivity contribution in [2.24, 2.45) is 0 Å². The van der Waals surface area contributed by atoms with E-state index in [0.717, 1.165) is 28.0 Å². The van der Waals surface area contributed by atoms with Crippen LogP contribution in [0.1, 0.15) is 65.3 Å². The van der Waals surface area contributed by atoms with Crippen LogP contribution in [0.4, 0.5) is 0 Å². The number of amides is 1. The number of carbonyl (C=O) groups excluding carboxylic acids is 1. The Labute approximate surface area is 195 Å². The second kappa shape index (κ2) is 10.6. The van der Waals surface area contributed by atoms with E-state index < -0.39 is 0 Å². The first kappa shape index (κ1) is 23.7. The fraction of sp³-hybridized carbons (Fsp3) is 0.296. The molecular formula is C27H30ClNO3. The van der Waals surface area contributed by atoms with Gasteiger partial charge in [0.05, 0.1) is 13.2 Å². The highest BCUT2D eigenvalue weighted by atomic mass is 35.5. The average molecular weight is 452 g/mol. The van der Waals surface area contributed by atoms with E-state index in [0.29, 0.717) is 28.9 Å². The van der Waals surface area contributed by atoms with E-state index in [1.165, 1.54) is 0 Å². The van der Waals surface area contributed by atoms with E-state index in [-0.39, 0.29) is 11.9 Å². The summed E-state index contributed by atoms with van der Waals surface area (Å²) in [7, 11) is 1.69. The Morgan fingerprint density at radius 3 is 2.31 bits per heavy atom. The van der Waals surface area contributed by atoms with Crippen molar-refractivity contribution >= 4 is 17.5 Å². The number of aryl methyl sites for hydroxylation is 1. The van der Waals surface area contributed by atoms with Crippen molar-refractivity contribution in [1.82, 2.24) is 5.32 Å². The number of rotatable bonds is 8. The van der Waals surface area contributed by atoms with E-state index in [1.807, 2.05) is 44.2 Å². The summed E-state index contributed by atoms with van der Waals surface area (Å²) in [5.74, 6) is 1.76. The number of ether oxygens (including phenoxy) is 2. The smallest absolute Gasteiger partial charge is 0.251 e. The number of carbonyl (C=O) groups is 1. The lowest BCUT2D eigenvalue weighted by molar-refractivity contribution is 0.0939. The van der Waals surface area contributed by atoms with Gasteiger partial charge in [0.15, 0.2) is 0 Å². The molecule has 3 rings (SSSR count). The first-order valence-corrected chi connectivity index (χ1v) is 11.1. The van der Waals surface area contributed by atoms with E-state index >= 15 is 0 Å². The summed E-state index contributed by atoms with van der Waals surface area (Å²) in [6.45, 7) is 8.68. The molecule has 3 aromatic rings. The molecule has 32 heavy (non-hydrogen) atoms. The maximum atomic E-state index is 12.8. The minimum absolute atomic E-state index is 0.128. The summed E-state index contributed by atoms with van der Waals surface area (Å²) in [5.41, 5.74) is 4.80. The van der Waals surface area contributed by atoms with Crippen molar-refractivity contribution in [1.29, 1.82) is 0 Å². The molecule has 1 atom stereocenters. The van der Waals surface area contributed by atoms with Gasteiger partial charge in [-0.25, -0.2) is 0 Å². The van der Waals surface area contributed by atoms with Gasteiger partial charge in [-0.2, -0.15) is 0 Å². The molecule has 0 aliphatic rings. The topological polar surface area (TPSA) is 47.6 Å². The molecule has 1 N–H and O–H groups in total. The molecule has 0 heterocycles. The van der Waals surface area contributed by atoms with Crippen molar-refractivity contribution in [3.8, 4) is 11.5 Å². The molecule has 0 bridgehead atoms. The molecule has 0 aliphatic heterocycles. The third-order valence-electron chi connectivity index (χ3n) is 5.52. The van der Waals surface area contributed by atoms with Gasteiger partial charge in [0.25, 0.3) is 5.91 Å². The minimum Gasteiger partial charge on any atom is -0.496 e. The Bertz CT molecular complexity index is 1080. The molecular weight excluding hydrogens is 422 g/mol. The lowest BCUT2D eigenvalue weighted by Gasteiger charge is -2.21. The monoisotopic (exact) mass is 451 g/mol. The molecule has 5 heteroatoms. The van der Waals surface area contributed by atoms with Crippen molar-refractivity contribution in [3.05, 3.63) is 93.5 Å². The average Bonchev–Trinajstić information content (AvgIpc) is 2.78. The number of halogens is 1. The van der Waals surface area contributed by atoms with Crippen LogP contribution in [0.15, 0.2) is 60.7 Å². The van der Waals surface area contributed by atoms with Crippen molar-refractivity contribution in [2.45, 2.75) is 46.3 Å². The predicted octanol–water partition coefficient (Wildman–Crippen LogP) is 6.85. The SMILES string of the molecule is COc1cc(C)c([C@H](C)NC(=O)c2ccc(OCc3ccccc3Cl)cc2)cc1C(C)C. The first-order valence-electron chi connectivity index (χ1n) is 10.8. The molecule has 1 amide bonds. The van der Waals surface area contributed by atoms with Crippen LogP contribution in [0, 0.1) is 6.92 Å². The van der Waals surface area contributed by atoms with Crippen LogP contribution in [0.25, 0.3) is 0 Å². The maximum absolute atomic E-state index is 12.8. The Kier molecular flexibility index (Phi) is 7.81. The highest BCUT2D eigenvalue weighted by Gasteiger charge is 2.17. The molecule has 0 aromatic heterocycles. The number of hydrogen-bond donors (Lipinski definition) is 1. The van der Waals surface area contributed by atoms with Crippen LogP contribution < -0.4 is 14.8 Å². The van der Waals surface area contributed by atoms with E-state index in [4.69, 9.17) is 21.1 Å². The van der Waals surface area contributed by atoms with Crippen LogP contribution >= 0.6 is 11.6 Å². The van der Waals surface area contributed by atoms with Gasteiger partial charge in [-0.05, 0) is 78.9 Å². The molecule has 0 fully saturated rings. The largest absolute Gasteiger partial charge is 0.496 e. The minimum atomic E-state index is -0.137. The second-order valence-electron chi connectivity index (χ2n) is 8.21. The summed E-state index contributed by atoms with van der Waals surface area (Å²) in [6, 6.07) is 18.7. The zero-order valence-corrected chi connectivity index (χ0v) is 20.0. The Hall–Kier alpha value is -2.98. The maximum Gasteiger partial charge on any atom is 0.251 e. The summed E-state index contributed by atoms with van der Waals surface area (Å²) in [4.78, 5) is 12.8. The zero-order valence-electron chi connectivity index (χ0n) is 19.2. The predicted molar refractivity (Wildman–Crippen MR) is 130 cm³/mol. The molecule has 0 aliphatic carbocycles. The van der Waals surface area contributed by atoms with Crippen molar-refractivity contribution in [3.63, 3.8) is 0 Å². The van der Waals surface area contributed by atoms with E-state index in [2.05, 4.69) is 25.2 Å². The highest BCUT2D eigenvalue weighted by Crippen LogP contribution is 2.32. The van der Waals surface area contributed by atoms with E-state index in [9.17, 15) is 4.79 Å². The summed E-state index contributed by atoms with van der Waals surface area (Å²) < 4.78 is 11.3. The molecule has 168 valence electrons. The normalized spacial score (nSPS) is 11.8. The first-order chi connectivity index (χ1) is 15.3. The summed E-state index contributed by atoms with van der Waals surface area (Å²) >= 11 is 6.17. The number of nitrogens with one attached hydrogen (secondary N) is 1. The Balaban J connectivity index is 1.67. The zero-order chi connectivity index (χ0) is 23.3. The van der Waals surface area contributed by atoms with Crippen LogP contribution in [0.5, 0.6) is 11.5 Å². The molecule has 3 aromatic carbocycles. The fourth-order valence-electron chi connectivity index (χ4n) is 3.65. The molecule has 4 nitrogen and oxygen atoms in total. The fourth-order valence-corrected chi connectivity index (χ4v) is 3.84. The van der Waals surface area contributed by atoms with Crippen LogP contribution in [0.2, 0.25) is 5.02 Å². The molecule has 0 saturated carbocycles. The van der Waals surface area contributed by atoms with Gasteiger partial charge in [0, 0.05) is 16.1 Å². The third kappa shape index (κ3) is 5.63.